The average molecular weight is 487 g/mol. The van der Waals surface area contributed by atoms with Gasteiger partial charge in [-0.05, 0) is 49.2 Å². The van der Waals surface area contributed by atoms with Crippen LogP contribution in [0.1, 0.15) is 31.4 Å². The standard InChI is InChI=1S/C23H23FN4O3S2/c24-17-6-4-5-16(13-17)23-27-19(15-32-23)14-22(29)26-18-8-10-20(11-9-18)33(30,31)28-21-7-2-1-3-12-25-21/h4-6,8-11,13,15H,1-3,7,12,14H2,(H,25,28)(H,26,29). The fourth-order valence-electron chi connectivity index (χ4n) is 3.40. The number of anilines is 1. The third kappa shape index (κ3) is 6.23. The number of halogens is 1. The Morgan fingerprint density at radius 2 is 1.91 bits per heavy atom. The highest BCUT2D eigenvalue weighted by Crippen LogP contribution is 2.24. The second-order valence-corrected chi connectivity index (χ2v) is 10.2. The molecular formula is C23H23FN4O3S2. The van der Waals surface area contributed by atoms with Crippen LogP contribution in [0.15, 0.2) is 63.8 Å². The first-order valence-electron chi connectivity index (χ1n) is 10.6. The summed E-state index contributed by atoms with van der Waals surface area (Å²) in [7, 11) is -3.73. The number of hydrogen-bond donors (Lipinski definition) is 2. The van der Waals surface area contributed by atoms with Crippen molar-refractivity contribution >= 4 is 38.8 Å². The van der Waals surface area contributed by atoms with Crippen LogP contribution in [0.25, 0.3) is 10.6 Å². The molecule has 0 radical (unpaired) electrons. The zero-order valence-electron chi connectivity index (χ0n) is 17.8. The molecule has 7 nitrogen and oxygen atoms in total. The van der Waals surface area contributed by atoms with Gasteiger partial charge in [0.05, 0.1) is 17.0 Å². The molecule has 1 aliphatic rings. The van der Waals surface area contributed by atoms with Gasteiger partial charge in [0, 0.05) is 29.6 Å². The molecule has 10 heteroatoms. The van der Waals surface area contributed by atoms with E-state index in [0.717, 1.165) is 19.3 Å². The highest BCUT2D eigenvalue weighted by Gasteiger charge is 2.17. The number of amidine groups is 1. The fourth-order valence-corrected chi connectivity index (χ4v) is 5.31. The van der Waals surface area contributed by atoms with E-state index >= 15 is 0 Å². The lowest BCUT2D eigenvalue weighted by atomic mass is 10.2. The topological polar surface area (TPSA) is 101 Å². The first kappa shape index (κ1) is 23.1. The molecule has 2 N–H and O–H groups in total. The highest BCUT2D eigenvalue weighted by atomic mass is 32.2. The lowest BCUT2D eigenvalue weighted by molar-refractivity contribution is -0.115. The average Bonchev–Trinajstić information content (AvgIpc) is 3.09. The van der Waals surface area contributed by atoms with Gasteiger partial charge in [0.15, 0.2) is 0 Å². The van der Waals surface area contributed by atoms with Crippen LogP contribution in [-0.4, -0.2) is 31.7 Å². The molecule has 2 heterocycles. The summed E-state index contributed by atoms with van der Waals surface area (Å²) >= 11 is 1.34. The van der Waals surface area contributed by atoms with Gasteiger partial charge >= 0.3 is 0 Å². The van der Waals surface area contributed by atoms with Crippen molar-refractivity contribution in [2.75, 3.05) is 11.9 Å². The summed E-state index contributed by atoms with van der Waals surface area (Å²) in [6.45, 7) is 0.630. The second kappa shape index (κ2) is 10.2. The Morgan fingerprint density at radius 1 is 1.09 bits per heavy atom. The van der Waals surface area contributed by atoms with Gasteiger partial charge in [-0.15, -0.1) is 11.3 Å². The van der Waals surface area contributed by atoms with E-state index in [-0.39, 0.29) is 23.0 Å². The van der Waals surface area contributed by atoms with Crippen molar-refractivity contribution in [3.05, 3.63) is 65.4 Å². The Kier molecular flexibility index (Phi) is 7.14. The van der Waals surface area contributed by atoms with Gasteiger partial charge in [0.1, 0.15) is 16.7 Å². The number of carbonyl (C=O) groups is 1. The Labute approximate surface area is 195 Å². The quantitative estimate of drug-likeness (QED) is 0.540. The zero-order chi connectivity index (χ0) is 23.3. The van der Waals surface area contributed by atoms with E-state index in [1.807, 2.05) is 0 Å². The second-order valence-electron chi connectivity index (χ2n) is 7.65. The van der Waals surface area contributed by atoms with Crippen molar-refractivity contribution in [2.45, 2.75) is 37.0 Å². The number of aliphatic imine (C=N–C) groups is 1. The third-order valence-corrected chi connectivity index (χ3v) is 7.38. The number of thiazole rings is 1. The molecule has 0 spiro atoms. The number of carbonyl (C=O) groups excluding carboxylic acids is 1. The molecule has 1 aliphatic heterocycles. The molecule has 1 amide bonds. The van der Waals surface area contributed by atoms with Crippen LogP contribution >= 0.6 is 11.3 Å². The minimum absolute atomic E-state index is 0.0489. The van der Waals surface area contributed by atoms with Crippen molar-refractivity contribution < 1.29 is 17.6 Å². The number of rotatable bonds is 6. The first-order chi connectivity index (χ1) is 15.9. The molecule has 0 aliphatic carbocycles. The molecule has 3 aromatic rings. The van der Waals surface area contributed by atoms with Crippen LogP contribution in [0, 0.1) is 5.82 Å². The van der Waals surface area contributed by atoms with E-state index in [9.17, 15) is 17.6 Å². The molecule has 0 saturated carbocycles. The summed E-state index contributed by atoms with van der Waals surface area (Å²) in [4.78, 5) is 21.2. The maximum Gasteiger partial charge on any atom is 0.262 e. The predicted molar refractivity (Wildman–Crippen MR) is 127 cm³/mol. The summed E-state index contributed by atoms with van der Waals surface area (Å²) in [5, 5.41) is 5.14. The molecule has 0 fully saturated rings. The van der Waals surface area contributed by atoms with Gasteiger partial charge in [-0.3, -0.25) is 14.5 Å². The van der Waals surface area contributed by atoms with Crippen molar-refractivity contribution in [1.82, 2.24) is 9.71 Å². The Morgan fingerprint density at radius 3 is 2.70 bits per heavy atom. The zero-order valence-corrected chi connectivity index (χ0v) is 19.4. The van der Waals surface area contributed by atoms with E-state index in [1.54, 1.807) is 29.6 Å². The maximum atomic E-state index is 13.4. The third-order valence-electron chi connectivity index (χ3n) is 5.04. The predicted octanol–water partition coefficient (Wildman–Crippen LogP) is 4.38. The summed E-state index contributed by atoms with van der Waals surface area (Å²) in [5.41, 5.74) is 1.71. The molecule has 0 atom stereocenters. The van der Waals surface area contributed by atoms with Crippen LogP contribution in [0.3, 0.4) is 0 Å². The van der Waals surface area contributed by atoms with Gasteiger partial charge in [-0.25, -0.2) is 17.8 Å². The van der Waals surface area contributed by atoms with Gasteiger partial charge in [0.2, 0.25) is 5.91 Å². The summed E-state index contributed by atoms with van der Waals surface area (Å²) in [6, 6.07) is 12.1. The Hall–Kier alpha value is -3.11. The smallest absolute Gasteiger partial charge is 0.262 e. The van der Waals surface area contributed by atoms with E-state index in [2.05, 4.69) is 20.0 Å². The number of nitrogens with one attached hydrogen (secondary N) is 2. The molecule has 1 aromatic heterocycles. The summed E-state index contributed by atoms with van der Waals surface area (Å²) in [6.07, 6.45) is 3.58. The number of benzene rings is 2. The van der Waals surface area contributed by atoms with E-state index in [4.69, 9.17) is 0 Å². The maximum absolute atomic E-state index is 13.4. The fraction of sp³-hybridized carbons (Fsp3) is 0.261. The number of amides is 1. The molecule has 0 unspecified atom stereocenters. The van der Waals surface area contributed by atoms with E-state index in [0.29, 0.717) is 40.8 Å². The molecule has 2 aromatic carbocycles. The number of sulfonamides is 1. The minimum Gasteiger partial charge on any atom is -0.326 e. The van der Waals surface area contributed by atoms with Crippen molar-refractivity contribution in [1.29, 1.82) is 0 Å². The highest BCUT2D eigenvalue weighted by molar-refractivity contribution is 7.90. The summed E-state index contributed by atoms with van der Waals surface area (Å²) in [5.74, 6) is -0.136. The van der Waals surface area contributed by atoms with Crippen LogP contribution in [-0.2, 0) is 21.2 Å². The van der Waals surface area contributed by atoms with E-state index in [1.165, 1.54) is 35.6 Å². The Bertz CT molecular complexity index is 1270. The lowest BCUT2D eigenvalue weighted by Gasteiger charge is -2.10. The van der Waals surface area contributed by atoms with Gasteiger partial charge in [0.25, 0.3) is 10.0 Å². The van der Waals surface area contributed by atoms with Crippen LogP contribution in [0.5, 0.6) is 0 Å². The van der Waals surface area contributed by atoms with Gasteiger partial charge < -0.3 is 5.32 Å². The molecule has 0 bridgehead atoms. The molecule has 33 heavy (non-hydrogen) atoms. The largest absolute Gasteiger partial charge is 0.326 e. The van der Waals surface area contributed by atoms with Crippen LogP contribution < -0.4 is 10.0 Å². The number of aromatic nitrogens is 1. The number of nitrogens with zero attached hydrogens (tertiary/aromatic N) is 2. The van der Waals surface area contributed by atoms with Gasteiger partial charge in [-0.2, -0.15) is 0 Å². The van der Waals surface area contributed by atoms with E-state index < -0.39 is 10.0 Å². The van der Waals surface area contributed by atoms with Crippen molar-refractivity contribution in [2.24, 2.45) is 4.99 Å². The van der Waals surface area contributed by atoms with Gasteiger partial charge in [-0.1, -0.05) is 18.6 Å². The molecule has 4 rings (SSSR count). The van der Waals surface area contributed by atoms with Crippen LogP contribution in [0.2, 0.25) is 0 Å². The SMILES string of the molecule is O=C(Cc1csc(-c2cccc(F)c2)n1)Nc1ccc(S(=O)(=O)NC2=NCCCCC2)cc1. The molecule has 0 saturated heterocycles. The first-order valence-corrected chi connectivity index (χ1v) is 12.9. The normalized spacial score (nSPS) is 14.3. The van der Waals surface area contributed by atoms with Crippen LogP contribution in [0.4, 0.5) is 10.1 Å². The Balaban J connectivity index is 1.36. The summed E-state index contributed by atoms with van der Waals surface area (Å²) < 4.78 is 41.2. The van der Waals surface area contributed by atoms with Crippen molar-refractivity contribution in [3.63, 3.8) is 0 Å². The van der Waals surface area contributed by atoms with Crippen molar-refractivity contribution in [3.8, 4) is 10.6 Å². The molecule has 172 valence electrons. The monoisotopic (exact) mass is 486 g/mol. The minimum atomic E-state index is -3.73. The molecular weight excluding hydrogens is 463 g/mol. The lowest BCUT2D eigenvalue weighted by Crippen LogP contribution is -2.30. The number of hydrogen-bond acceptors (Lipinski definition) is 6.